The molecular formula is C5H10N3S+. The second kappa shape index (κ2) is 2.39. The molecule has 0 saturated carbocycles. The molecule has 4 heteroatoms. The average Bonchev–Trinajstić information content (AvgIpc) is 2.10. The molecule has 0 aliphatic heterocycles. The summed E-state index contributed by atoms with van der Waals surface area (Å²) in [7, 11) is 3.90. The Labute approximate surface area is 58.7 Å². The maximum absolute atomic E-state index is 4.17. The molecule has 0 bridgehead atoms. The van der Waals surface area contributed by atoms with Crippen LogP contribution in [-0.4, -0.2) is 16.0 Å². The van der Waals surface area contributed by atoms with E-state index >= 15 is 0 Å². The van der Waals surface area contributed by atoms with Crippen LogP contribution >= 0.6 is 11.8 Å². The minimum absolute atomic E-state index is 1.04. The van der Waals surface area contributed by atoms with Gasteiger partial charge in [-0.1, -0.05) is 11.8 Å². The maximum atomic E-state index is 4.17. The summed E-state index contributed by atoms with van der Waals surface area (Å²) in [6, 6.07) is 0. The van der Waals surface area contributed by atoms with Crippen LogP contribution in [0, 0.1) is 0 Å². The first-order valence-corrected chi connectivity index (χ1v) is 3.90. The van der Waals surface area contributed by atoms with Gasteiger partial charge in [0, 0.05) is 0 Å². The molecule has 0 aliphatic carbocycles. The molecule has 1 rings (SSSR count). The molecule has 3 nitrogen and oxygen atoms in total. The minimum Gasteiger partial charge on any atom is -0.228 e. The second-order valence-electron chi connectivity index (χ2n) is 1.89. The maximum Gasteiger partial charge on any atom is 0.336 e. The fourth-order valence-electron chi connectivity index (χ4n) is 0.716. The molecule has 1 aromatic heterocycles. The summed E-state index contributed by atoms with van der Waals surface area (Å²) in [6.45, 7) is 0. The number of rotatable bonds is 1. The van der Waals surface area contributed by atoms with Gasteiger partial charge >= 0.3 is 5.16 Å². The summed E-state index contributed by atoms with van der Waals surface area (Å²) in [4.78, 5) is 0. The first kappa shape index (κ1) is 6.61. The van der Waals surface area contributed by atoms with Gasteiger partial charge in [-0.3, -0.25) is 0 Å². The molecule has 0 aromatic carbocycles. The van der Waals surface area contributed by atoms with Crippen LogP contribution in [0.3, 0.4) is 0 Å². The SMILES string of the molecule is CSc1nn(C)c[n+]1C. The third-order valence-electron chi connectivity index (χ3n) is 1.07. The molecule has 0 aliphatic rings. The zero-order valence-electron chi connectivity index (χ0n) is 5.83. The van der Waals surface area contributed by atoms with Crippen LogP contribution in [0.5, 0.6) is 0 Å². The van der Waals surface area contributed by atoms with E-state index in [1.807, 2.05) is 31.2 Å². The summed E-state index contributed by atoms with van der Waals surface area (Å²) >= 11 is 1.65. The molecule has 0 atom stereocenters. The summed E-state index contributed by atoms with van der Waals surface area (Å²) in [5, 5.41) is 5.21. The number of hydrogen-bond donors (Lipinski definition) is 0. The van der Waals surface area contributed by atoms with Gasteiger partial charge in [-0.2, -0.15) is 0 Å². The van der Waals surface area contributed by atoms with Crippen LogP contribution in [0.1, 0.15) is 0 Å². The fraction of sp³-hybridized carbons (Fsp3) is 0.600. The number of hydrogen-bond acceptors (Lipinski definition) is 2. The number of aryl methyl sites for hydroxylation is 2. The second-order valence-corrected chi connectivity index (χ2v) is 2.66. The van der Waals surface area contributed by atoms with E-state index in [0.29, 0.717) is 0 Å². The molecular weight excluding hydrogens is 134 g/mol. The predicted molar refractivity (Wildman–Crippen MR) is 36.2 cm³/mol. The van der Waals surface area contributed by atoms with Crippen molar-refractivity contribution in [2.24, 2.45) is 14.1 Å². The van der Waals surface area contributed by atoms with E-state index in [9.17, 15) is 0 Å². The van der Waals surface area contributed by atoms with Crippen molar-refractivity contribution in [1.29, 1.82) is 0 Å². The van der Waals surface area contributed by atoms with Crippen LogP contribution in [0.2, 0.25) is 0 Å². The molecule has 50 valence electrons. The molecule has 0 fully saturated rings. The standard InChI is InChI=1S/C5H10N3S/c1-7-4-8(2)6-5(7)9-3/h4H,1-3H3/q+1. The number of aromatic nitrogens is 3. The van der Waals surface area contributed by atoms with Gasteiger partial charge in [0.1, 0.15) is 0 Å². The Morgan fingerprint density at radius 2 is 2.44 bits per heavy atom. The van der Waals surface area contributed by atoms with Crippen LogP contribution in [0.4, 0.5) is 0 Å². The van der Waals surface area contributed by atoms with E-state index in [0.717, 1.165) is 5.16 Å². The van der Waals surface area contributed by atoms with Gasteiger partial charge in [-0.15, -0.1) is 4.68 Å². The molecule has 0 N–H and O–H groups in total. The van der Waals surface area contributed by atoms with Crippen molar-refractivity contribution in [3.05, 3.63) is 6.33 Å². The minimum atomic E-state index is 1.04. The Hall–Kier alpha value is -0.510. The summed E-state index contributed by atoms with van der Waals surface area (Å²) in [5.41, 5.74) is 0. The van der Waals surface area contributed by atoms with Crippen molar-refractivity contribution in [3.63, 3.8) is 0 Å². The van der Waals surface area contributed by atoms with Crippen LogP contribution in [0.15, 0.2) is 11.5 Å². The Balaban J connectivity index is 3.01. The monoisotopic (exact) mass is 144 g/mol. The molecule has 0 amide bonds. The van der Waals surface area contributed by atoms with E-state index in [2.05, 4.69) is 5.10 Å². The summed E-state index contributed by atoms with van der Waals surface area (Å²) < 4.78 is 3.79. The Bertz CT molecular complexity index is 206. The Kier molecular flexibility index (Phi) is 1.75. The van der Waals surface area contributed by atoms with Gasteiger partial charge in [0.2, 0.25) is 6.33 Å². The highest BCUT2D eigenvalue weighted by Crippen LogP contribution is 2.01. The van der Waals surface area contributed by atoms with Gasteiger partial charge in [-0.05, 0) is 6.26 Å². The van der Waals surface area contributed by atoms with Crippen LogP contribution in [-0.2, 0) is 14.1 Å². The smallest absolute Gasteiger partial charge is 0.228 e. The number of nitrogens with zero attached hydrogens (tertiary/aromatic N) is 3. The molecule has 1 heterocycles. The molecule has 1 aromatic rings. The summed E-state index contributed by atoms with van der Waals surface area (Å²) in [6.07, 6.45) is 3.95. The zero-order chi connectivity index (χ0) is 6.85. The topological polar surface area (TPSA) is 21.7 Å². The first-order valence-electron chi connectivity index (χ1n) is 2.67. The van der Waals surface area contributed by atoms with Crippen LogP contribution < -0.4 is 4.57 Å². The molecule has 9 heavy (non-hydrogen) atoms. The zero-order valence-corrected chi connectivity index (χ0v) is 6.64. The van der Waals surface area contributed by atoms with Crippen molar-refractivity contribution in [1.82, 2.24) is 9.78 Å². The predicted octanol–water partition coefficient (Wildman–Crippen LogP) is -0.0335. The van der Waals surface area contributed by atoms with Crippen molar-refractivity contribution in [3.8, 4) is 0 Å². The van der Waals surface area contributed by atoms with Gasteiger partial charge in [0.05, 0.1) is 19.2 Å². The fourth-order valence-corrected chi connectivity index (χ4v) is 1.26. The Morgan fingerprint density at radius 3 is 2.67 bits per heavy atom. The largest absolute Gasteiger partial charge is 0.336 e. The van der Waals surface area contributed by atoms with Gasteiger partial charge in [-0.25, -0.2) is 4.57 Å². The van der Waals surface area contributed by atoms with E-state index in [1.54, 1.807) is 16.4 Å². The third kappa shape index (κ3) is 1.24. The third-order valence-corrected chi connectivity index (χ3v) is 1.80. The number of thioether (sulfide) groups is 1. The highest BCUT2D eigenvalue weighted by Gasteiger charge is 2.07. The van der Waals surface area contributed by atoms with E-state index in [1.165, 1.54) is 0 Å². The van der Waals surface area contributed by atoms with Crippen molar-refractivity contribution in [2.75, 3.05) is 6.26 Å². The van der Waals surface area contributed by atoms with Gasteiger partial charge in [0.25, 0.3) is 0 Å². The van der Waals surface area contributed by atoms with Crippen molar-refractivity contribution in [2.45, 2.75) is 5.16 Å². The quantitative estimate of drug-likeness (QED) is 0.408. The van der Waals surface area contributed by atoms with Gasteiger partial charge in [0.15, 0.2) is 0 Å². The average molecular weight is 144 g/mol. The lowest BCUT2D eigenvalue weighted by Gasteiger charge is -1.80. The lowest BCUT2D eigenvalue weighted by Crippen LogP contribution is -2.27. The molecule has 0 radical (unpaired) electrons. The molecule has 0 unspecified atom stereocenters. The highest BCUT2D eigenvalue weighted by atomic mass is 32.2. The van der Waals surface area contributed by atoms with E-state index < -0.39 is 0 Å². The normalized spacial score (nSPS) is 10.1. The van der Waals surface area contributed by atoms with E-state index in [4.69, 9.17) is 0 Å². The summed E-state index contributed by atoms with van der Waals surface area (Å²) in [5.74, 6) is 0. The molecule has 0 spiro atoms. The van der Waals surface area contributed by atoms with Crippen molar-refractivity contribution >= 4 is 11.8 Å². The lowest BCUT2D eigenvalue weighted by molar-refractivity contribution is -0.709. The van der Waals surface area contributed by atoms with Gasteiger partial charge < -0.3 is 0 Å². The molecule has 0 saturated heterocycles. The van der Waals surface area contributed by atoms with Crippen molar-refractivity contribution < 1.29 is 4.57 Å². The lowest BCUT2D eigenvalue weighted by atomic mass is 11.1. The Morgan fingerprint density at radius 1 is 1.78 bits per heavy atom. The highest BCUT2D eigenvalue weighted by molar-refractivity contribution is 7.98. The van der Waals surface area contributed by atoms with Crippen LogP contribution in [0.25, 0.3) is 0 Å². The first-order chi connectivity index (χ1) is 4.24. The van der Waals surface area contributed by atoms with E-state index in [-0.39, 0.29) is 0 Å².